The fraction of sp³-hybridized carbons (Fsp3) is 0. The molecule has 0 heterocycles. The van der Waals surface area contributed by atoms with E-state index in [1.807, 2.05) is 0 Å². The largest absolute Gasteiger partial charge is 2.00 e. The van der Waals surface area contributed by atoms with Crippen molar-refractivity contribution in [1.82, 2.24) is 0 Å². The van der Waals surface area contributed by atoms with Gasteiger partial charge in [0.1, 0.15) is 0 Å². The van der Waals surface area contributed by atoms with Crippen LogP contribution in [0, 0.1) is 0 Å². The summed E-state index contributed by atoms with van der Waals surface area (Å²) in [4.78, 5) is 0. The SMILES string of the molecule is O.O.O.O.[H-].[H-].[H-].[H-].[HH].[HH].[Mg+2].[Mg+2].[Mg+2].[Mg+2].[OH-].[OH-]. The second-order valence-electron chi connectivity index (χ2n) is 0. The van der Waals surface area contributed by atoms with E-state index in [0.29, 0.717) is 0 Å². The summed E-state index contributed by atoms with van der Waals surface area (Å²) in [5.41, 5.74) is 0. The van der Waals surface area contributed by atoms with Crippen molar-refractivity contribution in [3.8, 4) is 0 Å². The van der Waals surface area contributed by atoms with E-state index in [1.165, 1.54) is 0 Å². The van der Waals surface area contributed by atoms with Crippen molar-refractivity contribution in [2.24, 2.45) is 0 Å². The van der Waals surface area contributed by atoms with Crippen LogP contribution < -0.4 is 0 Å². The first-order valence-corrected chi connectivity index (χ1v) is 0. The van der Waals surface area contributed by atoms with Crippen molar-refractivity contribution >= 4 is 92.2 Å². The second kappa shape index (κ2) is 174. The molecule has 6 nitrogen and oxygen atoms in total. The van der Waals surface area contributed by atoms with Gasteiger partial charge in [-0.15, -0.1) is 0 Å². The molecule has 0 atom stereocenters. The smallest absolute Gasteiger partial charge is 1.00 e. The van der Waals surface area contributed by atoms with Gasteiger partial charge in [0.25, 0.3) is 0 Å². The Balaban J connectivity index is 0. The summed E-state index contributed by atoms with van der Waals surface area (Å²) in [6.07, 6.45) is 0. The van der Waals surface area contributed by atoms with Crippen molar-refractivity contribution in [2.75, 3.05) is 0 Å². The van der Waals surface area contributed by atoms with Crippen molar-refractivity contribution in [3.05, 3.63) is 0 Å². The van der Waals surface area contributed by atoms with Gasteiger partial charge in [0.05, 0.1) is 0 Å². The summed E-state index contributed by atoms with van der Waals surface area (Å²) >= 11 is 0. The van der Waals surface area contributed by atoms with Gasteiger partial charge in [-0.2, -0.15) is 0 Å². The first kappa shape index (κ1) is 225. The van der Waals surface area contributed by atoms with Crippen LogP contribution in [-0.4, -0.2) is 125 Å². The molecule has 10 heteroatoms. The van der Waals surface area contributed by atoms with Crippen LogP contribution >= 0.6 is 0 Å². The second-order valence-corrected chi connectivity index (χ2v) is 0. The summed E-state index contributed by atoms with van der Waals surface area (Å²) < 4.78 is 0. The Kier molecular flexibility index (Phi) is 3900. The average Bonchev–Trinajstić information content (AvgIpc) is 0. The van der Waals surface area contributed by atoms with Gasteiger partial charge in [0.15, 0.2) is 0 Å². The molecule has 60 valence electrons. The molecule has 0 bridgehead atoms. The third-order valence-corrected chi connectivity index (χ3v) is 0. The van der Waals surface area contributed by atoms with Gasteiger partial charge in [-0.3, -0.25) is 0 Å². The summed E-state index contributed by atoms with van der Waals surface area (Å²) in [6, 6.07) is 0. The number of hydrogen-bond donors (Lipinski definition) is 0. The molecule has 0 unspecified atom stereocenters. The molecule has 0 spiro atoms. The van der Waals surface area contributed by atoms with Crippen LogP contribution in [0.5, 0.6) is 0 Å². The van der Waals surface area contributed by atoms with Gasteiger partial charge in [-0.1, -0.05) is 0 Å². The maximum Gasteiger partial charge on any atom is 2.00 e. The summed E-state index contributed by atoms with van der Waals surface area (Å²) in [7, 11) is 0. The zero-order valence-corrected chi connectivity index (χ0v) is 11.4. The van der Waals surface area contributed by atoms with Gasteiger partial charge in [-0.05, 0) is 0 Å². The fourth-order valence-electron chi connectivity index (χ4n) is 0. The third kappa shape index (κ3) is 131. The molecule has 0 saturated carbocycles. The predicted molar refractivity (Wildman–Crippen MR) is 50.0 cm³/mol. The third-order valence-electron chi connectivity index (χ3n) is 0. The molecule has 0 aromatic rings. The molecular weight excluding hydrogens is 193 g/mol. The van der Waals surface area contributed by atoms with Crippen LogP contribution in [0.1, 0.15) is 8.56 Å². The molecule has 0 amide bonds. The Bertz CT molecular complexity index is 25.0. The molecule has 0 saturated heterocycles. The van der Waals surface area contributed by atoms with Crippen molar-refractivity contribution in [3.63, 3.8) is 0 Å². The van der Waals surface area contributed by atoms with E-state index in [-0.39, 0.29) is 134 Å². The van der Waals surface area contributed by atoms with Crippen molar-refractivity contribution in [1.29, 1.82) is 0 Å². The molecule has 0 fully saturated rings. The van der Waals surface area contributed by atoms with Gasteiger partial charge >= 0.3 is 92.2 Å². The molecule has 10 heavy (non-hydrogen) atoms. The van der Waals surface area contributed by atoms with Crippen molar-refractivity contribution < 1.29 is 41.4 Å². The van der Waals surface area contributed by atoms with E-state index in [9.17, 15) is 0 Å². The first-order chi connectivity index (χ1) is 0. The van der Waals surface area contributed by atoms with Crippen LogP contribution in [0.2, 0.25) is 0 Å². The maximum absolute atomic E-state index is 0. The molecule has 0 rings (SSSR count). The van der Waals surface area contributed by atoms with E-state index in [4.69, 9.17) is 0 Å². The fourth-order valence-corrected chi connectivity index (χ4v) is 0. The van der Waals surface area contributed by atoms with Gasteiger partial charge in [0, 0.05) is 2.85 Å². The molecule has 0 aliphatic carbocycles. The Labute approximate surface area is 132 Å². The van der Waals surface area contributed by atoms with E-state index in [2.05, 4.69) is 0 Å². The normalized spacial score (nSPS) is 0. The Hall–Kier alpha value is 2.82. The Morgan fingerprint density at radius 1 is 0.500 bits per heavy atom. The monoisotopic (exact) mass is 210 g/mol. The maximum atomic E-state index is 0. The number of rotatable bonds is 0. The van der Waals surface area contributed by atoms with Gasteiger partial charge < -0.3 is 38.6 Å². The molecule has 0 aromatic carbocycles. The minimum atomic E-state index is 0. The molecule has 0 radical (unpaired) electrons. The van der Waals surface area contributed by atoms with E-state index in [1.54, 1.807) is 0 Å². The average molecular weight is 211 g/mol. The Morgan fingerprint density at radius 2 is 0.500 bits per heavy atom. The zero-order chi connectivity index (χ0) is 0. The van der Waals surface area contributed by atoms with Crippen LogP contribution in [0.3, 0.4) is 0 Å². The molecule has 10 N–H and O–H groups in total. The molecular formula is H18Mg4O6+2. The van der Waals surface area contributed by atoms with Crippen LogP contribution in [0.4, 0.5) is 0 Å². The van der Waals surface area contributed by atoms with Crippen LogP contribution in [0.25, 0.3) is 0 Å². The van der Waals surface area contributed by atoms with E-state index >= 15 is 0 Å². The van der Waals surface area contributed by atoms with E-state index < -0.39 is 0 Å². The minimum Gasteiger partial charge on any atom is -1.00 e. The van der Waals surface area contributed by atoms with Crippen LogP contribution in [0.15, 0.2) is 0 Å². The van der Waals surface area contributed by atoms with E-state index in [0.717, 1.165) is 0 Å². The summed E-state index contributed by atoms with van der Waals surface area (Å²) in [6.45, 7) is 0. The summed E-state index contributed by atoms with van der Waals surface area (Å²) in [5, 5.41) is 0. The molecule has 0 aliphatic rings. The summed E-state index contributed by atoms with van der Waals surface area (Å²) in [5.74, 6) is 0. The molecule has 0 aromatic heterocycles. The quantitative estimate of drug-likeness (QED) is 0.367. The number of hydrogen-bond acceptors (Lipinski definition) is 2. The molecule has 0 aliphatic heterocycles. The van der Waals surface area contributed by atoms with Crippen molar-refractivity contribution in [2.45, 2.75) is 0 Å². The zero-order valence-electron chi connectivity index (χ0n) is 9.72. The minimum absolute atomic E-state index is 0. The first-order valence-electron chi connectivity index (χ1n) is 0. The van der Waals surface area contributed by atoms with Gasteiger partial charge in [-0.25, -0.2) is 0 Å². The standard InChI is InChI=1S/4Mg.6H2O.2H2.4H/h;;;;6*1H2;2*1H;;;;/q4*+2;;;;;;;;;4*-1/p-2. The Morgan fingerprint density at radius 3 is 0.500 bits per heavy atom. The van der Waals surface area contributed by atoms with Crippen LogP contribution in [-0.2, 0) is 0 Å². The van der Waals surface area contributed by atoms with Gasteiger partial charge in [0.2, 0.25) is 0 Å². The topological polar surface area (TPSA) is 186 Å². The predicted octanol–water partition coefficient (Wildman–Crippen LogP) is -4.23.